The SMILES string of the molecule is Brc1ccc(Cn2ccnc2Cc2nccs2)cc1. The molecule has 0 N–H and O–H groups in total. The molecule has 0 spiro atoms. The van der Waals surface area contributed by atoms with Gasteiger partial charge in [-0.05, 0) is 17.7 Å². The van der Waals surface area contributed by atoms with Gasteiger partial charge in [0.15, 0.2) is 0 Å². The zero-order chi connectivity index (χ0) is 13.1. The zero-order valence-corrected chi connectivity index (χ0v) is 12.6. The van der Waals surface area contributed by atoms with Crippen LogP contribution in [0.5, 0.6) is 0 Å². The molecular formula is C14H12BrN3S. The molecule has 0 saturated carbocycles. The molecule has 1 aromatic carbocycles. The lowest BCUT2D eigenvalue weighted by Crippen LogP contribution is -2.05. The number of aromatic nitrogens is 3. The van der Waals surface area contributed by atoms with Crippen LogP contribution in [0.2, 0.25) is 0 Å². The molecular weight excluding hydrogens is 322 g/mol. The van der Waals surface area contributed by atoms with Gasteiger partial charge in [-0.3, -0.25) is 0 Å². The summed E-state index contributed by atoms with van der Waals surface area (Å²) in [6.07, 6.45) is 6.50. The predicted octanol–water partition coefficient (Wildman–Crippen LogP) is 3.74. The highest BCUT2D eigenvalue weighted by molar-refractivity contribution is 9.10. The van der Waals surface area contributed by atoms with Crippen molar-refractivity contribution < 1.29 is 0 Å². The maximum Gasteiger partial charge on any atom is 0.115 e. The van der Waals surface area contributed by atoms with E-state index in [1.807, 2.05) is 24.0 Å². The molecule has 0 aliphatic carbocycles. The number of thiazole rings is 1. The van der Waals surface area contributed by atoms with E-state index in [9.17, 15) is 0 Å². The Morgan fingerprint density at radius 3 is 2.68 bits per heavy atom. The van der Waals surface area contributed by atoms with Crippen molar-refractivity contribution in [2.75, 3.05) is 0 Å². The van der Waals surface area contributed by atoms with Crippen molar-refractivity contribution in [3.8, 4) is 0 Å². The van der Waals surface area contributed by atoms with Crippen LogP contribution in [0.15, 0.2) is 52.7 Å². The molecule has 0 unspecified atom stereocenters. The average Bonchev–Trinajstić information content (AvgIpc) is 3.06. The Morgan fingerprint density at radius 2 is 1.95 bits per heavy atom. The van der Waals surface area contributed by atoms with Crippen LogP contribution in [-0.2, 0) is 13.0 Å². The number of hydrogen-bond donors (Lipinski definition) is 0. The number of nitrogens with zero attached hydrogens (tertiary/aromatic N) is 3. The summed E-state index contributed by atoms with van der Waals surface area (Å²) in [6, 6.07) is 8.37. The number of hydrogen-bond acceptors (Lipinski definition) is 3. The van der Waals surface area contributed by atoms with Gasteiger partial charge in [0.05, 0.1) is 11.4 Å². The van der Waals surface area contributed by atoms with Gasteiger partial charge in [0, 0.05) is 35.0 Å². The predicted molar refractivity (Wildman–Crippen MR) is 80.4 cm³/mol. The van der Waals surface area contributed by atoms with Gasteiger partial charge >= 0.3 is 0 Å². The molecule has 3 aromatic rings. The monoisotopic (exact) mass is 333 g/mol. The van der Waals surface area contributed by atoms with Crippen LogP contribution in [0, 0.1) is 0 Å². The maximum absolute atomic E-state index is 4.43. The van der Waals surface area contributed by atoms with Gasteiger partial charge < -0.3 is 4.57 Å². The summed E-state index contributed by atoms with van der Waals surface area (Å²) >= 11 is 5.12. The molecule has 0 amide bonds. The molecule has 3 nitrogen and oxygen atoms in total. The van der Waals surface area contributed by atoms with Crippen molar-refractivity contribution in [3.05, 3.63) is 69.1 Å². The Balaban J connectivity index is 1.78. The highest BCUT2D eigenvalue weighted by Crippen LogP contribution is 2.14. The van der Waals surface area contributed by atoms with Gasteiger partial charge in [-0.15, -0.1) is 11.3 Å². The Hall–Kier alpha value is -1.46. The van der Waals surface area contributed by atoms with Crippen molar-refractivity contribution in [2.24, 2.45) is 0 Å². The second-order valence-electron chi connectivity index (χ2n) is 4.20. The van der Waals surface area contributed by atoms with Gasteiger partial charge in [0.25, 0.3) is 0 Å². The minimum absolute atomic E-state index is 0.793. The lowest BCUT2D eigenvalue weighted by molar-refractivity contribution is 0.739. The van der Waals surface area contributed by atoms with Crippen LogP contribution >= 0.6 is 27.3 Å². The summed E-state index contributed by atoms with van der Waals surface area (Å²) in [7, 11) is 0. The van der Waals surface area contributed by atoms with E-state index in [2.05, 4.69) is 54.7 Å². The Bertz CT molecular complexity index is 644. The topological polar surface area (TPSA) is 30.7 Å². The molecule has 2 aromatic heterocycles. The summed E-state index contributed by atoms with van der Waals surface area (Å²) in [6.45, 7) is 0.841. The third kappa shape index (κ3) is 3.11. The Labute approximate surface area is 124 Å². The van der Waals surface area contributed by atoms with E-state index in [1.165, 1.54) is 5.56 Å². The fourth-order valence-electron chi connectivity index (χ4n) is 1.91. The fraction of sp³-hybridized carbons (Fsp3) is 0.143. The minimum atomic E-state index is 0.793. The number of halogens is 1. The third-order valence-corrected chi connectivity index (χ3v) is 4.17. The summed E-state index contributed by atoms with van der Waals surface area (Å²) in [5.41, 5.74) is 1.27. The first-order valence-electron chi connectivity index (χ1n) is 5.94. The second kappa shape index (κ2) is 5.67. The van der Waals surface area contributed by atoms with E-state index < -0.39 is 0 Å². The van der Waals surface area contributed by atoms with Crippen molar-refractivity contribution >= 4 is 27.3 Å². The van der Waals surface area contributed by atoms with Crippen LogP contribution in [-0.4, -0.2) is 14.5 Å². The van der Waals surface area contributed by atoms with Crippen LogP contribution < -0.4 is 0 Å². The van der Waals surface area contributed by atoms with E-state index >= 15 is 0 Å². The standard InChI is InChI=1S/C14H12BrN3S/c15-12-3-1-11(2-4-12)10-18-7-5-16-13(18)9-14-17-6-8-19-14/h1-8H,9-10H2. The van der Waals surface area contributed by atoms with Crippen molar-refractivity contribution in [1.29, 1.82) is 0 Å². The summed E-state index contributed by atoms with van der Waals surface area (Å²) in [5.74, 6) is 1.05. The van der Waals surface area contributed by atoms with Crippen LogP contribution in [0.3, 0.4) is 0 Å². The third-order valence-electron chi connectivity index (χ3n) is 2.86. The quantitative estimate of drug-likeness (QED) is 0.728. The smallest absolute Gasteiger partial charge is 0.115 e. The Morgan fingerprint density at radius 1 is 1.11 bits per heavy atom. The van der Waals surface area contributed by atoms with Gasteiger partial charge in [0.2, 0.25) is 0 Å². The van der Waals surface area contributed by atoms with Crippen LogP contribution in [0.1, 0.15) is 16.4 Å². The summed E-state index contributed by atoms with van der Waals surface area (Å²) in [5, 5.41) is 3.10. The molecule has 96 valence electrons. The van der Waals surface area contributed by atoms with Gasteiger partial charge in [0.1, 0.15) is 5.82 Å². The summed E-state index contributed by atoms with van der Waals surface area (Å²) < 4.78 is 3.27. The molecule has 2 heterocycles. The normalized spacial score (nSPS) is 10.8. The fourth-order valence-corrected chi connectivity index (χ4v) is 2.79. The minimum Gasteiger partial charge on any atom is -0.330 e. The lowest BCUT2D eigenvalue weighted by Gasteiger charge is -2.07. The average molecular weight is 334 g/mol. The molecule has 0 fully saturated rings. The molecule has 3 rings (SSSR count). The van der Waals surface area contributed by atoms with Gasteiger partial charge in [-0.25, -0.2) is 9.97 Å². The van der Waals surface area contributed by atoms with E-state index in [0.717, 1.165) is 28.3 Å². The van der Waals surface area contributed by atoms with E-state index in [4.69, 9.17) is 0 Å². The molecule has 5 heteroatoms. The van der Waals surface area contributed by atoms with E-state index in [0.29, 0.717) is 0 Å². The first-order chi connectivity index (χ1) is 9.31. The summed E-state index contributed by atoms with van der Waals surface area (Å²) in [4.78, 5) is 8.74. The zero-order valence-electron chi connectivity index (χ0n) is 10.2. The second-order valence-corrected chi connectivity index (χ2v) is 6.10. The number of benzene rings is 1. The van der Waals surface area contributed by atoms with Gasteiger partial charge in [-0.1, -0.05) is 28.1 Å². The van der Waals surface area contributed by atoms with Crippen LogP contribution in [0.4, 0.5) is 0 Å². The number of rotatable bonds is 4. The molecule has 0 radical (unpaired) electrons. The Kier molecular flexibility index (Phi) is 3.75. The van der Waals surface area contributed by atoms with Crippen LogP contribution in [0.25, 0.3) is 0 Å². The molecule has 0 aliphatic heterocycles. The van der Waals surface area contributed by atoms with E-state index in [1.54, 1.807) is 11.3 Å². The van der Waals surface area contributed by atoms with Crippen molar-refractivity contribution in [3.63, 3.8) is 0 Å². The van der Waals surface area contributed by atoms with E-state index in [-0.39, 0.29) is 0 Å². The lowest BCUT2D eigenvalue weighted by atomic mass is 10.2. The highest BCUT2D eigenvalue weighted by Gasteiger charge is 2.06. The number of imidazole rings is 1. The molecule has 0 atom stereocenters. The van der Waals surface area contributed by atoms with Gasteiger partial charge in [-0.2, -0.15) is 0 Å². The molecule has 0 saturated heterocycles. The molecule has 19 heavy (non-hydrogen) atoms. The first kappa shape index (κ1) is 12.6. The molecule has 0 bridgehead atoms. The maximum atomic E-state index is 4.43. The van der Waals surface area contributed by atoms with Crippen molar-refractivity contribution in [2.45, 2.75) is 13.0 Å². The first-order valence-corrected chi connectivity index (χ1v) is 7.61. The molecule has 0 aliphatic rings. The highest BCUT2D eigenvalue weighted by atomic mass is 79.9. The largest absolute Gasteiger partial charge is 0.330 e. The van der Waals surface area contributed by atoms with Crippen molar-refractivity contribution in [1.82, 2.24) is 14.5 Å².